The van der Waals surface area contributed by atoms with Crippen molar-refractivity contribution >= 4 is 0 Å². The van der Waals surface area contributed by atoms with Crippen molar-refractivity contribution in [3.63, 3.8) is 0 Å². The number of nitrogens with two attached hydrogens (primary N) is 1. The maximum Gasteiger partial charge on any atom is 0.0238 e. The molecule has 2 nitrogen and oxygen atoms in total. The van der Waals surface area contributed by atoms with Gasteiger partial charge in [-0.2, -0.15) is 0 Å². The van der Waals surface area contributed by atoms with Gasteiger partial charge >= 0.3 is 0 Å². The predicted molar refractivity (Wildman–Crippen MR) is 50.6 cm³/mol. The van der Waals surface area contributed by atoms with Gasteiger partial charge in [-0.25, -0.2) is 0 Å². The van der Waals surface area contributed by atoms with E-state index in [1.807, 2.05) is 0 Å². The van der Waals surface area contributed by atoms with Gasteiger partial charge in [0.1, 0.15) is 0 Å². The van der Waals surface area contributed by atoms with Crippen LogP contribution in [0.4, 0.5) is 0 Å². The standard InChI is InChI=1S/C9H22N2/c1-5-6-11-8(7-10)9(2,3)4/h8,11H,5-7,10H2,1-4H3. The van der Waals surface area contributed by atoms with Crippen LogP contribution in [0.2, 0.25) is 0 Å². The Bertz CT molecular complexity index is 94.2. The minimum absolute atomic E-state index is 0.282. The summed E-state index contributed by atoms with van der Waals surface area (Å²) in [4.78, 5) is 0. The average molecular weight is 158 g/mol. The summed E-state index contributed by atoms with van der Waals surface area (Å²) in [6.45, 7) is 10.6. The van der Waals surface area contributed by atoms with E-state index < -0.39 is 0 Å². The molecule has 3 N–H and O–H groups in total. The van der Waals surface area contributed by atoms with Gasteiger partial charge in [0.15, 0.2) is 0 Å². The summed E-state index contributed by atoms with van der Waals surface area (Å²) >= 11 is 0. The first kappa shape index (κ1) is 10.9. The zero-order valence-electron chi connectivity index (χ0n) is 8.28. The first-order valence-electron chi connectivity index (χ1n) is 4.45. The second-order valence-corrected chi connectivity index (χ2v) is 4.11. The van der Waals surface area contributed by atoms with Crippen molar-refractivity contribution < 1.29 is 0 Å². The third-order valence-corrected chi connectivity index (χ3v) is 1.92. The highest BCUT2D eigenvalue weighted by atomic mass is 14.9. The van der Waals surface area contributed by atoms with E-state index in [0.717, 1.165) is 13.1 Å². The van der Waals surface area contributed by atoms with Crippen LogP contribution < -0.4 is 11.1 Å². The third kappa shape index (κ3) is 4.38. The molecule has 68 valence electrons. The topological polar surface area (TPSA) is 38.0 Å². The van der Waals surface area contributed by atoms with Crippen LogP contribution in [0.15, 0.2) is 0 Å². The molecule has 0 radical (unpaired) electrons. The SMILES string of the molecule is CCCNC(CN)C(C)(C)C. The zero-order valence-corrected chi connectivity index (χ0v) is 8.28. The first-order chi connectivity index (χ1) is 5.02. The Morgan fingerprint density at radius 3 is 2.18 bits per heavy atom. The quantitative estimate of drug-likeness (QED) is 0.648. The van der Waals surface area contributed by atoms with E-state index in [4.69, 9.17) is 5.73 Å². The van der Waals surface area contributed by atoms with Crippen LogP contribution in [-0.2, 0) is 0 Å². The maximum absolute atomic E-state index is 5.64. The molecular formula is C9H22N2. The Hall–Kier alpha value is -0.0800. The molecule has 0 heterocycles. The van der Waals surface area contributed by atoms with Crippen LogP contribution in [0.1, 0.15) is 34.1 Å². The van der Waals surface area contributed by atoms with Gasteiger partial charge in [-0.1, -0.05) is 27.7 Å². The van der Waals surface area contributed by atoms with Crippen molar-refractivity contribution in [2.75, 3.05) is 13.1 Å². The van der Waals surface area contributed by atoms with E-state index in [1.165, 1.54) is 6.42 Å². The lowest BCUT2D eigenvalue weighted by atomic mass is 9.87. The summed E-state index contributed by atoms with van der Waals surface area (Å²) in [5, 5.41) is 3.43. The Morgan fingerprint density at radius 2 is 1.91 bits per heavy atom. The molecule has 0 saturated carbocycles. The van der Waals surface area contributed by atoms with Gasteiger partial charge in [-0.3, -0.25) is 0 Å². The maximum atomic E-state index is 5.64. The predicted octanol–water partition coefficient (Wildman–Crippen LogP) is 1.36. The number of hydrogen-bond acceptors (Lipinski definition) is 2. The Kier molecular flexibility index (Phi) is 4.69. The van der Waals surface area contributed by atoms with Gasteiger partial charge in [0, 0.05) is 12.6 Å². The highest BCUT2D eigenvalue weighted by molar-refractivity contribution is 4.80. The van der Waals surface area contributed by atoms with Crippen LogP contribution in [0, 0.1) is 5.41 Å². The van der Waals surface area contributed by atoms with Crippen LogP contribution >= 0.6 is 0 Å². The van der Waals surface area contributed by atoms with Crippen molar-refractivity contribution in [1.82, 2.24) is 5.32 Å². The highest BCUT2D eigenvalue weighted by Gasteiger charge is 2.21. The lowest BCUT2D eigenvalue weighted by Gasteiger charge is -2.30. The molecule has 0 aliphatic carbocycles. The summed E-state index contributed by atoms with van der Waals surface area (Å²) < 4.78 is 0. The first-order valence-corrected chi connectivity index (χ1v) is 4.45. The molecule has 1 unspecified atom stereocenters. The molecule has 0 fully saturated rings. The van der Waals surface area contributed by atoms with E-state index in [9.17, 15) is 0 Å². The molecule has 0 aromatic carbocycles. The Labute approximate surface area is 70.5 Å². The molecule has 2 heteroatoms. The second-order valence-electron chi connectivity index (χ2n) is 4.11. The van der Waals surface area contributed by atoms with Crippen LogP contribution in [-0.4, -0.2) is 19.1 Å². The normalized spacial score (nSPS) is 15.0. The van der Waals surface area contributed by atoms with Gasteiger partial charge < -0.3 is 11.1 Å². The number of nitrogens with one attached hydrogen (secondary N) is 1. The molecule has 0 bridgehead atoms. The minimum atomic E-state index is 0.282. The smallest absolute Gasteiger partial charge is 0.0238 e. The fourth-order valence-electron chi connectivity index (χ4n) is 1.06. The molecule has 0 spiro atoms. The van der Waals surface area contributed by atoms with Crippen molar-refractivity contribution in [2.45, 2.75) is 40.2 Å². The molecule has 0 rings (SSSR count). The Balaban J connectivity index is 3.76. The summed E-state index contributed by atoms with van der Waals surface area (Å²) in [5.74, 6) is 0. The summed E-state index contributed by atoms with van der Waals surface area (Å²) in [5.41, 5.74) is 5.92. The van der Waals surface area contributed by atoms with Gasteiger partial charge in [-0.05, 0) is 18.4 Å². The van der Waals surface area contributed by atoms with E-state index in [1.54, 1.807) is 0 Å². The average Bonchev–Trinajstić information content (AvgIpc) is 1.87. The second kappa shape index (κ2) is 4.73. The summed E-state index contributed by atoms with van der Waals surface area (Å²) in [6, 6.07) is 0.447. The van der Waals surface area contributed by atoms with E-state index in [-0.39, 0.29) is 5.41 Å². The lowest BCUT2D eigenvalue weighted by Crippen LogP contribution is -2.45. The fourth-order valence-corrected chi connectivity index (χ4v) is 1.06. The van der Waals surface area contributed by atoms with Crippen molar-refractivity contribution in [2.24, 2.45) is 11.1 Å². The molecule has 0 aromatic rings. The van der Waals surface area contributed by atoms with E-state index >= 15 is 0 Å². The van der Waals surface area contributed by atoms with Crippen LogP contribution in [0.25, 0.3) is 0 Å². The van der Waals surface area contributed by atoms with Gasteiger partial charge in [0.25, 0.3) is 0 Å². The summed E-state index contributed by atoms with van der Waals surface area (Å²) in [7, 11) is 0. The van der Waals surface area contributed by atoms with Crippen molar-refractivity contribution in [1.29, 1.82) is 0 Å². The molecule has 11 heavy (non-hydrogen) atoms. The molecule has 0 saturated heterocycles. The monoisotopic (exact) mass is 158 g/mol. The number of rotatable bonds is 4. The molecule has 0 aromatic heterocycles. The van der Waals surface area contributed by atoms with Crippen molar-refractivity contribution in [3.8, 4) is 0 Å². The highest BCUT2D eigenvalue weighted by Crippen LogP contribution is 2.17. The Morgan fingerprint density at radius 1 is 1.36 bits per heavy atom. The lowest BCUT2D eigenvalue weighted by molar-refractivity contribution is 0.274. The van der Waals surface area contributed by atoms with E-state index in [2.05, 4.69) is 33.0 Å². The molecule has 0 aliphatic rings. The van der Waals surface area contributed by atoms with Gasteiger partial charge in [0.2, 0.25) is 0 Å². The van der Waals surface area contributed by atoms with Crippen LogP contribution in [0.5, 0.6) is 0 Å². The summed E-state index contributed by atoms with van der Waals surface area (Å²) in [6.07, 6.45) is 1.17. The van der Waals surface area contributed by atoms with Gasteiger partial charge in [0.05, 0.1) is 0 Å². The van der Waals surface area contributed by atoms with Crippen molar-refractivity contribution in [3.05, 3.63) is 0 Å². The molecule has 0 amide bonds. The largest absolute Gasteiger partial charge is 0.329 e. The molecule has 1 atom stereocenters. The van der Waals surface area contributed by atoms with E-state index in [0.29, 0.717) is 6.04 Å². The third-order valence-electron chi connectivity index (χ3n) is 1.92. The number of hydrogen-bond donors (Lipinski definition) is 2. The minimum Gasteiger partial charge on any atom is -0.329 e. The fraction of sp³-hybridized carbons (Fsp3) is 1.00. The zero-order chi connectivity index (χ0) is 8.91. The van der Waals surface area contributed by atoms with Crippen LogP contribution in [0.3, 0.4) is 0 Å². The van der Waals surface area contributed by atoms with Gasteiger partial charge in [-0.15, -0.1) is 0 Å². The molecular weight excluding hydrogens is 136 g/mol. The molecule has 0 aliphatic heterocycles.